The number of aryl methyl sites for hydroxylation is 1. The largest absolute Gasteiger partial charge is 0.473 e. The number of allylic oxidation sites excluding steroid dienone is 1. The number of carbonyl (C=O) groups excluding carboxylic acids is 1. The number of benzene rings is 1. The molecule has 0 saturated carbocycles. The van der Waals surface area contributed by atoms with Crippen molar-refractivity contribution in [2.45, 2.75) is 45.4 Å². The zero-order valence-corrected chi connectivity index (χ0v) is 23.2. The van der Waals surface area contributed by atoms with E-state index in [-0.39, 0.29) is 36.9 Å². The molecule has 0 atom stereocenters. The molecule has 3 fully saturated rings. The maximum absolute atomic E-state index is 15.0. The Morgan fingerprint density at radius 2 is 1.78 bits per heavy atom. The predicted molar refractivity (Wildman–Crippen MR) is 146 cm³/mol. The number of nitrogens with one attached hydrogen (secondary N) is 1. The van der Waals surface area contributed by atoms with E-state index in [1.807, 2.05) is 6.07 Å². The van der Waals surface area contributed by atoms with Crippen LogP contribution in [0.25, 0.3) is 11.1 Å². The summed E-state index contributed by atoms with van der Waals surface area (Å²) in [6.45, 7) is 6.49. The van der Waals surface area contributed by atoms with Gasteiger partial charge >= 0.3 is 12.2 Å². The van der Waals surface area contributed by atoms with Crippen molar-refractivity contribution < 1.29 is 36.6 Å². The van der Waals surface area contributed by atoms with Crippen molar-refractivity contribution in [3.8, 4) is 17.0 Å². The van der Waals surface area contributed by atoms with Crippen LogP contribution in [-0.2, 0) is 9.47 Å². The Morgan fingerprint density at radius 1 is 1.07 bits per heavy atom. The van der Waals surface area contributed by atoms with Gasteiger partial charge < -0.3 is 29.3 Å². The molecular formula is C29H34F4N4O4. The first-order valence-electron chi connectivity index (χ1n) is 13.8. The van der Waals surface area contributed by atoms with Crippen LogP contribution < -0.4 is 15.0 Å². The van der Waals surface area contributed by atoms with E-state index in [4.69, 9.17) is 14.2 Å². The summed E-state index contributed by atoms with van der Waals surface area (Å²) in [5.74, 6) is -0.121. The van der Waals surface area contributed by atoms with Gasteiger partial charge in [-0.15, -0.1) is 0 Å². The van der Waals surface area contributed by atoms with E-state index >= 15 is 0 Å². The maximum atomic E-state index is 15.0. The third kappa shape index (κ3) is 6.75. The quantitative estimate of drug-likeness (QED) is 0.362. The molecule has 1 aromatic heterocycles. The molecule has 1 N–H and O–H groups in total. The summed E-state index contributed by atoms with van der Waals surface area (Å²) in [4.78, 5) is 21.0. The summed E-state index contributed by atoms with van der Waals surface area (Å²) in [5, 5.41) is 2.56. The molecule has 2 amide bonds. The highest BCUT2D eigenvalue weighted by atomic mass is 19.4. The average molecular weight is 579 g/mol. The second-order valence-electron chi connectivity index (χ2n) is 10.6. The molecule has 3 saturated heterocycles. The minimum atomic E-state index is -4.45. The summed E-state index contributed by atoms with van der Waals surface area (Å²) >= 11 is 0. The summed E-state index contributed by atoms with van der Waals surface area (Å²) < 4.78 is 71.6. The molecule has 0 radical (unpaired) electrons. The van der Waals surface area contributed by atoms with Crippen molar-refractivity contribution in [2.75, 3.05) is 62.8 Å². The fourth-order valence-electron chi connectivity index (χ4n) is 5.27. The molecule has 3 aliphatic heterocycles. The molecule has 0 unspecified atom stereocenters. The standard InChI is InChI=1S/C29H34F4N4O4/c1-18-13-24(30)25(35-28(38)37-6-3-20(17-37)19(2)29(31,32)33)15-23(18)21-14-26(36-7-11-40-12-8-36)27(34-16-21)41-22-4-9-39-10-5-22/h13-16,22H,3-12,17H2,1-2H3,(H,35,38)/b20-19+. The fraction of sp³-hybridized carbons (Fsp3) is 0.517. The van der Waals surface area contributed by atoms with E-state index in [9.17, 15) is 22.4 Å². The molecule has 2 aromatic rings. The Kier molecular flexibility index (Phi) is 8.69. The first-order chi connectivity index (χ1) is 19.6. The van der Waals surface area contributed by atoms with Crippen molar-refractivity contribution >= 4 is 17.4 Å². The molecule has 41 heavy (non-hydrogen) atoms. The number of morpholine rings is 1. The van der Waals surface area contributed by atoms with Gasteiger partial charge in [-0.2, -0.15) is 13.2 Å². The Morgan fingerprint density at radius 3 is 2.49 bits per heavy atom. The van der Waals surface area contributed by atoms with E-state index in [1.54, 1.807) is 13.1 Å². The molecule has 3 aliphatic rings. The highest BCUT2D eigenvalue weighted by Gasteiger charge is 2.35. The van der Waals surface area contributed by atoms with E-state index in [2.05, 4.69) is 15.2 Å². The van der Waals surface area contributed by atoms with Crippen LogP contribution in [0.15, 0.2) is 35.5 Å². The van der Waals surface area contributed by atoms with Crippen LogP contribution in [-0.4, -0.2) is 80.8 Å². The van der Waals surface area contributed by atoms with Crippen LogP contribution >= 0.6 is 0 Å². The molecule has 5 rings (SSSR count). The fourth-order valence-corrected chi connectivity index (χ4v) is 5.27. The molecule has 0 spiro atoms. The Bertz CT molecular complexity index is 1300. The number of ether oxygens (including phenoxy) is 3. The predicted octanol–water partition coefficient (Wildman–Crippen LogP) is 5.71. The number of hydrogen-bond donors (Lipinski definition) is 1. The van der Waals surface area contributed by atoms with Crippen molar-refractivity contribution in [2.24, 2.45) is 0 Å². The van der Waals surface area contributed by atoms with E-state index in [0.717, 1.165) is 25.5 Å². The summed E-state index contributed by atoms with van der Waals surface area (Å²) in [7, 11) is 0. The molecule has 8 nitrogen and oxygen atoms in total. The van der Waals surface area contributed by atoms with Crippen molar-refractivity contribution in [1.29, 1.82) is 0 Å². The number of hydrogen-bond acceptors (Lipinski definition) is 6. The lowest BCUT2D eigenvalue weighted by Gasteiger charge is -2.31. The van der Waals surface area contributed by atoms with Crippen molar-refractivity contribution in [3.63, 3.8) is 0 Å². The van der Waals surface area contributed by atoms with Crippen LogP contribution in [0.3, 0.4) is 0 Å². The van der Waals surface area contributed by atoms with E-state index < -0.39 is 23.6 Å². The summed E-state index contributed by atoms with van der Waals surface area (Å²) in [6.07, 6.45) is -1.11. The number of rotatable bonds is 5. The van der Waals surface area contributed by atoms with Gasteiger partial charge in [0.2, 0.25) is 5.88 Å². The van der Waals surface area contributed by atoms with Gasteiger partial charge in [0.15, 0.2) is 0 Å². The highest BCUT2D eigenvalue weighted by molar-refractivity contribution is 5.91. The lowest BCUT2D eigenvalue weighted by atomic mass is 10.00. The molecule has 12 heteroatoms. The molecule has 0 aliphatic carbocycles. The van der Waals surface area contributed by atoms with Gasteiger partial charge in [-0.05, 0) is 55.2 Å². The molecule has 4 heterocycles. The number of pyridine rings is 1. The topological polar surface area (TPSA) is 76.2 Å². The monoisotopic (exact) mass is 578 g/mol. The number of urea groups is 1. The summed E-state index contributed by atoms with van der Waals surface area (Å²) in [6, 6.07) is 4.16. The molecular weight excluding hydrogens is 544 g/mol. The van der Waals surface area contributed by atoms with Crippen molar-refractivity contribution in [3.05, 3.63) is 46.9 Å². The van der Waals surface area contributed by atoms with Crippen LogP contribution in [0, 0.1) is 12.7 Å². The minimum Gasteiger partial charge on any atom is -0.473 e. The molecule has 1 aromatic carbocycles. The lowest BCUT2D eigenvalue weighted by Crippen LogP contribution is -2.37. The van der Waals surface area contributed by atoms with Crippen LogP contribution in [0.4, 0.5) is 33.7 Å². The van der Waals surface area contributed by atoms with Crippen LogP contribution in [0.2, 0.25) is 0 Å². The Balaban J connectivity index is 1.40. The second-order valence-corrected chi connectivity index (χ2v) is 10.6. The van der Waals surface area contributed by atoms with Gasteiger partial charge in [0, 0.05) is 56.4 Å². The summed E-state index contributed by atoms with van der Waals surface area (Å²) in [5.41, 5.74) is 2.23. The van der Waals surface area contributed by atoms with E-state index in [0.29, 0.717) is 62.1 Å². The number of likely N-dealkylation sites (tertiary alicyclic amines) is 1. The third-order valence-electron chi connectivity index (χ3n) is 7.81. The number of alkyl halides is 3. The zero-order chi connectivity index (χ0) is 29.1. The first kappa shape index (κ1) is 29.1. The van der Waals surface area contributed by atoms with Crippen LogP contribution in [0.5, 0.6) is 5.88 Å². The first-order valence-corrected chi connectivity index (χ1v) is 13.8. The number of halogens is 4. The van der Waals surface area contributed by atoms with E-state index in [1.165, 1.54) is 17.0 Å². The maximum Gasteiger partial charge on any atom is 0.412 e. The van der Waals surface area contributed by atoms with Gasteiger partial charge in [-0.1, -0.05) is 0 Å². The number of carbonyl (C=O) groups is 1. The van der Waals surface area contributed by atoms with Gasteiger partial charge in [0.1, 0.15) is 17.6 Å². The van der Waals surface area contributed by atoms with Crippen molar-refractivity contribution in [1.82, 2.24) is 9.88 Å². The number of amides is 2. The Hall–Kier alpha value is -3.38. The molecule has 222 valence electrons. The minimum absolute atomic E-state index is 0.00266. The van der Waals surface area contributed by atoms with Gasteiger partial charge in [0.05, 0.1) is 32.1 Å². The molecule has 0 bridgehead atoms. The average Bonchev–Trinajstić information content (AvgIpc) is 3.45. The van der Waals surface area contributed by atoms with Gasteiger partial charge in [0.25, 0.3) is 0 Å². The normalized spacial score (nSPS) is 19.9. The number of anilines is 2. The second kappa shape index (κ2) is 12.2. The van der Waals surface area contributed by atoms with Crippen LogP contribution in [0.1, 0.15) is 31.7 Å². The van der Waals surface area contributed by atoms with Gasteiger partial charge in [-0.3, -0.25) is 0 Å². The zero-order valence-electron chi connectivity index (χ0n) is 23.2. The lowest BCUT2D eigenvalue weighted by molar-refractivity contribution is -0.0922. The smallest absolute Gasteiger partial charge is 0.412 e. The van der Waals surface area contributed by atoms with Gasteiger partial charge in [-0.25, -0.2) is 14.2 Å². The number of nitrogens with zero attached hydrogens (tertiary/aromatic N) is 3. The Labute approximate surface area is 236 Å². The SMILES string of the molecule is C/C(=C1/CCN(C(=O)Nc2cc(-c3cnc(OC4CCOCC4)c(N4CCOCC4)c3)c(C)cc2F)C1)C(F)(F)F. The number of aromatic nitrogens is 1. The highest BCUT2D eigenvalue weighted by Crippen LogP contribution is 2.37. The third-order valence-corrected chi connectivity index (χ3v) is 7.81.